The molecule has 0 unspecified atom stereocenters. The number of nitrogens with one attached hydrogen (secondary N) is 1. The molecule has 1 amide bonds. The van der Waals surface area contributed by atoms with Crippen molar-refractivity contribution in [2.24, 2.45) is 5.92 Å². The number of anilines is 2. The normalized spacial score (nSPS) is 16.4. The van der Waals surface area contributed by atoms with Crippen LogP contribution >= 0.6 is 11.3 Å². The van der Waals surface area contributed by atoms with Gasteiger partial charge < -0.3 is 11.1 Å². The zero-order valence-electron chi connectivity index (χ0n) is 11.6. The molecule has 1 heterocycles. The van der Waals surface area contributed by atoms with Crippen molar-refractivity contribution in [3.8, 4) is 0 Å². The van der Waals surface area contributed by atoms with E-state index in [1.54, 1.807) is 0 Å². The molecule has 20 heavy (non-hydrogen) atoms. The van der Waals surface area contributed by atoms with Crippen molar-refractivity contribution < 1.29 is 4.79 Å². The molecule has 1 aromatic carbocycles. The maximum Gasteiger partial charge on any atom is 0.227 e. The molecule has 1 aromatic heterocycles. The van der Waals surface area contributed by atoms with E-state index >= 15 is 0 Å². The van der Waals surface area contributed by atoms with Gasteiger partial charge in [-0.25, -0.2) is 4.98 Å². The number of hydrogen-bond acceptors (Lipinski definition) is 4. The Morgan fingerprint density at radius 1 is 1.35 bits per heavy atom. The summed E-state index contributed by atoms with van der Waals surface area (Å²) in [6.45, 7) is 2.00. The van der Waals surface area contributed by atoms with E-state index in [1.807, 2.05) is 19.1 Å². The van der Waals surface area contributed by atoms with Crippen molar-refractivity contribution in [3.63, 3.8) is 0 Å². The summed E-state index contributed by atoms with van der Waals surface area (Å²) in [5.41, 5.74) is 8.59. The Labute approximate surface area is 122 Å². The summed E-state index contributed by atoms with van der Waals surface area (Å²) in [7, 11) is 0. The van der Waals surface area contributed by atoms with Crippen LogP contribution in [0.1, 0.15) is 37.7 Å². The second kappa shape index (κ2) is 5.40. The topological polar surface area (TPSA) is 68.0 Å². The zero-order chi connectivity index (χ0) is 14.1. The number of aryl methyl sites for hydroxylation is 1. The van der Waals surface area contributed by atoms with Crippen LogP contribution in [0.15, 0.2) is 12.1 Å². The maximum absolute atomic E-state index is 12.3. The van der Waals surface area contributed by atoms with Crippen molar-refractivity contribution in [2.75, 3.05) is 11.1 Å². The third-order valence-electron chi connectivity index (χ3n) is 3.95. The highest BCUT2D eigenvalue weighted by Crippen LogP contribution is 2.30. The largest absolute Gasteiger partial charge is 0.375 e. The minimum absolute atomic E-state index is 0.154. The Balaban J connectivity index is 1.81. The number of rotatable bonds is 2. The van der Waals surface area contributed by atoms with Crippen LogP contribution in [-0.4, -0.2) is 10.9 Å². The smallest absolute Gasteiger partial charge is 0.227 e. The number of amides is 1. The van der Waals surface area contributed by atoms with E-state index in [4.69, 9.17) is 5.73 Å². The van der Waals surface area contributed by atoms with E-state index in [2.05, 4.69) is 10.3 Å². The molecule has 0 aliphatic heterocycles. The van der Waals surface area contributed by atoms with Crippen LogP contribution in [0.4, 0.5) is 10.8 Å². The molecule has 106 valence electrons. The van der Waals surface area contributed by atoms with Crippen LogP contribution in [0.2, 0.25) is 0 Å². The highest BCUT2D eigenvalue weighted by Gasteiger charge is 2.21. The van der Waals surface area contributed by atoms with Crippen LogP contribution in [-0.2, 0) is 4.79 Å². The highest BCUT2D eigenvalue weighted by atomic mass is 32.1. The molecule has 4 nitrogen and oxygen atoms in total. The van der Waals surface area contributed by atoms with Gasteiger partial charge in [0.1, 0.15) is 0 Å². The number of thiazole rings is 1. The van der Waals surface area contributed by atoms with Crippen LogP contribution in [0, 0.1) is 12.8 Å². The van der Waals surface area contributed by atoms with Crippen LogP contribution in [0.3, 0.4) is 0 Å². The first-order valence-corrected chi connectivity index (χ1v) is 7.92. The molecule has 0 atom stereocenters. The summed E-state index contributed by atoms with van der Waals surface area (Å²) >= 11 is 1.46. The lowest BCUT2D eigenvalue weighted by atomic mass is 9.88. The highest BCUT2D eigenvalue weighted by molar-refractivity contribution is 7.22. The number of benzene rings is 1. The predicted octanol–water partition coefficient (Wildman–Crippen LogP) is 3.71. The first-order valence-electron chi connectivity index (χ1n) is 7.11. The van der Waals surface area contributed by atoms with Gasteiger partial charge in [-0.05, 0) is 37.5 Å². The van der Waals surface area contributed by atoms with Gasteiger partial charge in [-0.3, -0.25) is 4.79 Å². The molecule has 3 N–H and O–H groups in total. The van der Waals surface area contributed by atoms with E-state index < -0.39 is 0 Å². The van der Waals surface area contributed by atoms with Crippen molar-refractivity contribution >= 4 is 38.3 Å². The fraction of sp³-hybridized carbons (Fsp3) is 0.467. The van der Waals surface area contributed by atoms with Crippen molar-refractivity contribution in [2.45, 2.75) is 39.0 Å². The van der Waals surface area contributed by atoms with Crippen molar-refractivity contribution in [1.29, 1.82) is 0 Å². The summed E-state index contributed by atoms with van der Waals surface area (Å²) in [6, 6.07) is 3.94. The molecule has 3 rings (SSSR count). The molecule has 0 bridgehead atoms. The summed E-state index contributed by atoms with van der Waals surface area (Å²) in [4.78, 5) is 16.6. The lowest BCUT2D eigenvalue weighted by Crippen LogP contribution is -2.24. The van der Waals surface area contributed by atoms with E-state index in [-0.39, 0.29) is 11.8 Å². The van der Waals surface area contributed by atoms with Gasteiger partial charge in [-0.2, -0.15) is 0 Å². The van der Waals surface area contributed by atoms with Crippen LogP contribution in [0.25, 0.3) is 10.2 Å². The summed E-state index contributed by atoms with van der Waals surface area (Å²) in [5, 5.41) is 3.62. The summed E-state index contributed by atoms with van der Waals surface area (Å²) in [5.74, 6) is 0.326. The second-order valence-corrected chi connectivity index (χ2v) is 6.58. The molecular weight excluding hydrogens is 270 g/mol. The van der Waals surface area contributed by atoms with E-state index in [0.717, 1.165) is 34.3 Å². The number of aromatic nitrogens is 1. The second-order valence-electron chi connectivity index (χ2n) is 5.52. The van der Waals surface area contributed by atoms with Gasteiger partial charge in [0.15, 0.2) is 5.13 Å². The average Bonchev–Trinajstić information content (AvgIpc) is 2.81. The molecule has 2 aromatic rings. The molecule has 0 radical (unpaired) electrons. The van der Waals surface area contributed by atoms with E-state index in [1.165, 1.54) is 30.6 Å². The summed E-state index contributed by atoms with van der Waals surface area (Å²) < 4.78 is 1.03. The minimum Gasteiger partial charge on any atom is -0.375 e. The molecular formula is C15H19N3OS. The van der Waals surface area contributed by atoms with Gasteiger partial charge in [0.2, 0.25) is 5.91 Å². The Bertz CT molecular complexity index is 644. The number of nitrogen functional groups attached to an aromatic ring is 1. The third kappa shape index (κ3) is 2.63. The lowest BCUT2D eigenvalue weighted by Gasteiger charge is -2.20. The number of carbonyl (C=O) groups is 1. The van der Waals surface area contributed by atoms with E-state index in [0.29, 0.717) is 5.13 Å². The summed E-state index contributed by atoms with van der Waals surface area (Å²) in [6.07, 6.45) is 5.62. The Hall–Kier alpha value is -1.62. The lowest BCUT2D eigenvalue weighted by molar-refractivity contribution is -0.120. The Morgan fingerprint density at radius 2 is 2.10 bits per heavy atom. The number of hydrogen-bond donors (Lipinski definition) is 2. The predicted molar refractivity (Wildman–Crippen MR) is 84.0 cm³/mol. The SMILES string of the molecule is Cc1cc(NC(=O)C2CCCCC2)cc2sc(N)nc12. The molecule has 1 aliphatic carbocycles. The fourth-order valence-corrected chi connectivity index (χ4v) is 3.75. The Kier molecular flexibility index (Phi) is 3.61. The number of nitrogens with zero attached hydrogens (tertiary/aromatic N) is 1. The average molecular weight is 289 g/mol. The first-order chi connectivity index (χ1) is 9.63. The van der Waals surface area contributed by atoms with Crippen molar-refractivity contribution in [1.82, 2.24) is 4.98 Å². The number of fused-ring (bicyclic) bond motifs is 1. The van der Waals surface area contributed by atoms with Gasteiger partial charge >= 0.3 is 0 Å². The van der Waals surface area contributed by atoms with Gasteiger partial charge in [-0.15, -0.1) is 0 Å². The third-order valence-corrected chi connectivity index (χ3v) is 4.78. The van der Waals surface area contributed by atoms with Crippen LogP contribution in [0.5, 0.6) is 0 Å². The van der Waals surface area contributed by atoms with Gasteiger partial charge in [0, 0.05) is 11.6 Å². The van der Waals surface area contributed by atoms with Gasteiger partial charge in [0.05, 0.1) is 10.2 Å². The number of nitrogens with two attached hydrogens (primary N) is 1. The standard InChI is InChI=1S/C15H19N3OS/c1-9-7-11(8-12-13(9)18-15(16)20-12)17-14(19)10-5-3-2-4-6-10/h7-8,10H,2-6H2,1H3,(H2,16,18)(H,17,19). The van der Waals surface area contributed by atoms with E-state index in [9.17, 15) is 4.79 Å². The maximum atomic E-state index is 12.3. The first kappa shape index (κ1) is 13.4. The quantitative estimate of drug-likeness (QED) is 0.885. The number of carbonyl (C=O) groups excluding carboxylic acids is 1. The van der Waals surface area contributed by atoms with Crippen LogP contribution < -0.4 is 11.1 Å². The molecule has 5 heteroatoms. The Morgan fingerprint density at radius 3 is 2.85 bits per heavy atom. The molecule has 0 saturated heterocycles. The van der Waals surface area contributed by atoms with Crippen molar-refractivity contribution in [3.05, 3.63) is 17.7 Å². The molecule has 1 aliphatic rings. The molecule has 1 saturated carbocycles. The monoisotopic (exact) mass is 289 g/mol. The minimum atomic E-state index is 0.154. The zero-order valence-corrected chi connectivity index (χ0v) is 12.4. The van der Waals surface area contributed by atoms with Gasteiger partial charge in [-0.1, -0.05) is 30.6 Å². The fourth-order valence-electron chi connectivity index (χ4n) is 2.90. The molecule has 1 fully saturated rings. The van der Waals surface area contributed by atoms with Gasteiger partial charge in [0.25, 0.3) is 0 Å². The molecule has 0 spiro atoms.